The average Bonchev–Trinajstić information content (AvgIpc) is 3.23. The van der Waals surface area contributed by atoms with E-state index in [2.05, 4.69) is 25.5 Å². The van der Waals surface area contributed by atoms with Crippen LogP contribution in [0.3, 0.4) is 0 Å². The van der Waals surface area contributed by atoms with Gasteiger partial charge in [0.15, 0.2) is 0 Å². The van der Waals surface area contributed by atoms with Crippen molar-refractivity contribution in [3.8, 4) is 0 Å². The molecule has 29 heavy (non-hydrogen) atoms. The molecular formula is C21H34N6O2. The summed E-state index contributed by atoms with van der Waals surface area (Å²) in [5.41, 5.74) is 5.82. The predicted octanol–water partition coefficient (Wildman–Crippen LogP) is 2.11. The van der Waals surface area contributed by atoms with Crippen LogP contribution in [0, 0.1) is 0 Å². The third-order valence-electron chi connectivity index (χ3n) is 6.73. The molecule has 2 saturated carbocycles. The summed E-state index contributed by atoms with van der Waals surface area (Å²) in [7, 11) is 0. The maximum Gasteiger partial charge on any atom is 0.254 e. The molecule has 0 spiro atoms. The van der Waals surface area contributed by atoms with Gasteiger partial charge in [-0.2, -0.15) is 4.98 Å². The molecule has 8 nitrogen and oxygen atoms in total. The van der Waals surface area contributed by atoms with Gasteiger partial charge in [-0.25, -0.2) is 4.98 Å². The summed E-state index contributed by atoms with van der Waals surface area (Å²) in [6.07, 6.45) is 11.9. The van der Waals surface area contributed by atoms with Gasteiger partial charge in [0.25, 0.3) is 5.91 Å². The molecule has 8 heteroatoms. The Hall–Kier alpha value is -1.93. The second-order valence-corrected chi connectivity index (χ2v) is 8.87. The summed E-state index contributed by atoms with van der Waals surface area (Å²) in [6, 6.07) is 1.18. The van der Waals surface area contributed by atoms with Gasteiger partial charge in [-0.1, -0.05) is 0 Å². The highest BCUT2D eigenvalue weighted by atomic mass is 16.3. The Morgan fingerprint density at radius 1 is 1.03 bits per heavy atom. The molecule has 1 unspecified atom stereocenters. The van der Waals surface area contributed by atoms with Crippen molar-refractivity contribution in [1.82, 2.24) is 14.9 Å². The maximum atomic E-state index is 11.8. The van der Waals surface area contributed by atoms with Crippen molar-refractivity contribution in [3.63, 3.8) is 0 Å². The van der Waals surface area contributed by atoms with Crippen molar-refractivity contribution in [2.24, 2.45) is 5.73 Å². The van der Waals surface area contributed by atoms with Crippen molar-refractivity contribution in [1.29, 1.82) is 0 Å². The van der Waals surface area contributed by atoms with Crippen LogP contribution in [-0.4, -0.2) is 63.2 Å². The Labute approximate surface area is 172 Å². The first-order valence-corrected chi connectivity index (χ1v) is 11.2. The molecule has 3 aliphatic rings. The van der Waals surface area contributed by atoms with Crippen LogP contribution in [0.2, 0.25) is 0 Å². The van der Waals surface area contributed by atoms with E-state index in [1.165, 1.54) is 45.0 Å². The zero-order valence-corrected chi connectivity index (χ0v) is 17.1. The number of carbonyl (C=O) groups is 1. The number of anilines is 2. The molecule has 1 aliphatic heterocycles. The van der Waals surface area contributed by atoms with Crippen LogP contribution in [0.4, 0.5) is 11.8 Å². The maximum absolute atomic E-state index is 11.8. The van der Waals surface area contributed by atoms with Crippen molar-refractivity contribution >= 4 is 17.7 Å². The summed E-state index contributed by atoms with van der Waals surface area (Å²) >= 11 is 0. The van der Waals surface area contributed by atoms with Crippen molar-refractivity contribution in [2.75, 3.05) is 23.7 Å². The van der Waals surface area contributed by atoms with Gasteiger partial charge in [0.05, 0.1) is 11.7 Å². The van der Waals surface area contributed by atoms with Gasteiger partial charge in [0, 0.05) is 24.3 Å². The molecular weight excluding hydrogens is 368 g/mol. The van der Waals surface area contributed by atoms with Gasteiger partial charge < -0.3 is 26.4 Å². The molecule has 0 bridgehead atoms. The molecule has 2 aliphatic carbocycles. The quantitative estimate of drug-likeness (QED) is 0.576. The molecule has 1 amide bonds. The number of aliphatic hydroxyl groups is 1. The number of rotatable bonds is 6. The van der Waals surface area contributed by atoms with Gasteiger partial charge in [-0.05, 0) is 77.3 Å². The van der Waals surface area contributed by atoms with Crippen molar-refractivity contribution in [3.05, 3.63) is 11.8 Å². The molecule has 2 atom stereocenters. The third kappa shape index (κ3) is 5.17. The van der Waals surface area contributed by atoms with Gasteiger partial charge in [0.2, 0.25) is 5.95 Å². The van der Waals surface area contributed by atoms with Crippen LogP contribution >= 0.6 is 0 Å². The first kappa shape index (κ1) is 20.3. The van der Waals surface area contributed by atoms with E-state index in [-0.39, 0.29) is 12.1 Å². The molecule has 3 fully saturated rings. The lowest BCUT2D eigenvalue weighted by molar-refractivity contribution is 0.100. The van der Waals surface area contributed by atoms with Gasteiger partial charge in [-0.3, -0.25) is 4.79 Å². The smallest absolute Gasteiger partial charge is 0.254 e. The molecule has 1 aromatic heterocycles. The fraction of sp³-hybridized carbons (Fsp3) is 0.762. The minimum absolute atomic E-state index is 0.0931. The highest BCUT2D eigenvalue weighted by molar-refractivity contribution is 5.97. The molecule has 0 aromatic carbocycles. The average molecular weight is 403 g/mol. The first-order chi connectivity index (χ1) is 14.1. The molecule has 1 saturated heterocycles. The highest BCUT2D eigenvalue weighted by Crippen LogP contribution is 2.28. The summed E-state index contributed by atoms with van der Waals surface area (Å²) in [4.78, 5) is 23.4. The lowest BCUT2D eigenvalue weighted by Crippen LogP contribution is -2.39. The number of hydrogen-bond acceptors (Lipinski definition) is 7. The lowest BCUT2D eigenvalue weighted by Gasteiger charge is -2.34. The number of aliphatic hydroxyl groups excluding tert-OH is 1. The van der Waals surface area contributed by atoms with E-state index in [4.69, 9.17) is 5.73 Å². The van der Waals surface area contributed by atoms with Crippen LogP contribution in [0.5, 0.6) is 0 Å². The summed E-state index contributed by atoms with van der Waals surface area (Å²) in [6.45, 7) is 2.51. The zero-order valence-electron chi connectivity index (χ0n) is 17.1. The van der Waals surface area contributed by atoms with E-state index in [0.717, 1.165) is 38.1 Å². The van der Waals surface area contributed by atoms with Crippen molar-refractivity contribution in [2.45, 2.75) is 88.4 Å². The van der Waals surface area contributed by atoms with Crippen molar-refractivity contribution < 1.29 is 9.90 Å². The SMILES string of the molecule is NC(=O)c1cnc(NC2CCC(N3CCCC3)CC2)nc1N[C@@H]1CCCC(O)C1. The minimum atomic E-state index is -0.540. The second-order valence-electron chi connectivity index (χ2n) is 8.87. The summed E-state index contributed by atoms with van der Waals surface area (Å²) in [5.74, 6) is 0.472. The predicted molar refractivity (Wildman–Crippen MR) is 113 cm³/mol. The number of hydrogen-bond donors (Lipinski definition) is 4. The van der Waals surface area contributed by atoms with Gasteiger partial charge >= 0.3 is 0 Å². The molecule has 1 aromatic rings. The Kier molecular flexibility index (Phi) is 6.50. The number of carbonyl (C=O) groups excluding carboxylic acids is 1. The van der Waals surface area contributed by atoms with Gasteiger partial charge in [-0.15, -0.1) is 0 Å². The number of amides is 1. The Balaban J connectivity index is 1.38. The van der Waals surface area contributed by atoms with Crippen LogP contribution < -0.4 is 16.4 Å². The summed E-state index contributed by atoms with van der Waals surface area (Å²) in [5, 5.41) is 16.7. The largest absolute Gasteiger partial charge is 0.393 e. The van der Waals surface area contributed by atoms with E-state index in [0.29, 0.717) is 29.8 Å². The molecule has 160 valence electrons. The number of aromatic nitrogens is 2. The molecule has 0 radical (unpaired) electrons. The second kappa shape index (κ2) is 9.26. The van der Waals surface area contributed by atoms with Gasteiger partial charge in [0.1, 0.15) is 5.82 Å². The first-order valence-electron chi connectivity index (χ1n) is 11.2. The van der Waals surface area contributed by atoms with E-state index >= 15 is 0 Å². The van der Waals surface area contributed by atoms with Crippen LogP contribution in [0.15, 0.2) is 6.20 Å². The number of nitrogens with two attached hydrogens (primary N) is 1. The lowest BCUT2D eigenvalue weighted by atomic mass is 9.90. The number of primary amides is 1. The highest BCUT2D eigenvalue weighted by Gasteiger charge is 2.28. The monoisotopic (exact) mass is 402 g/mol. The molecule has 2 heterocycles. The van der Waals surface area contributed by atoms with E-state index < -0.39 is 5.91 Å². The minimum Gasteiger partial charge on any atom is -0.393 e. The van der Waals surface area contributed by atoms with Crippen LogP contribution in [0.25, 0.3) is 0 Å². The standard InChI is InChI=1S/C21H34N6O2/c22-19(29)18-13-23-21(26-20(18)24-15-4-3-5-17(28)12-15)25-14-6-8-16(9-7-14)27-10-1-2-11-27/h13-17,28H,1-12H2,(H2,22,29)(H2,23,24,25,26)/t14?,15-,16?,17?/m1/s1. The zero-order chi connectivity index (χ0) is 20.2. The molecule has 5 N–H and O–H groups in total. The Morgan fingerprint density at radius 2 is 1.79 bits per heavy atom. The van der Waals surface area contributed by atoms with Crippen LogP contribution in [0.1, 0.15) is 74.6 Å². The summed E-state index contributed by atoms with van der Waals surface area (Å²) < 4.78 is 0. The fourth-order valence-electron chi connectivity index (χ4n) is 5.10. The van der Waals surface area contributed by atoms with Crippen LogP contribution in [-0.2, 0) is 0 Å². The van der Waals surface area contributed by atoms with E-state index in [1.807, 2.05) is 0 Å². The number of nitrogens with zero attached hydrogens (tertiary/aromatic N) is 3. The molecule has 4 rings (SSSR count). The number of likely N-dealkylation sites (tertiary alicyclic amines) is 1. The normalized spacial score (nSPS) is 30.8. The van der Waals surface area contributed by atoms with E-state index in [1.54, 1.807) is 0 Å². The number of nitrogens with one attached hydrogen (secondary N) is 2. The Morgan fingerprint density at radius 3 is 2.48 bits per heavy atom. The fourth-order valence-corrected chi connectivity index (χ4v) is 5.10. The van der Waals surface area contributed by atoms with E-state index in [9.17, 15) is 9.90 Å². The topological polar surface area (TPSA) is 116 Å². The Bertz CT molecular complexity index is 700. The third-order valence-corrected chi connectivity index (χ3v) is 6.73.